The van der Waals surface area contributed by atoms with Gasteiger partial charge in [0.1, 0.15) is 18.1 Å². The van der Waals surface area contributed by atoms with Crippen LogP contribution in [0.5, 0.6) is 0 Å². The average molecular weight is 975 g/mol. The van der Waals surface area contributed by atoms with Crippen LogP contribution in [-0.2, 0) is 36.8 Å². The lowest BCUT2D eigenvalue weighted by Gasteiger charge is -2.27. The summed E-state index contributed by atoms with van der Waals surface area (Å²) >= 11 is 1.74. The Bertz CT molecular complexity index is 1670. The van der Waals surface area contributed by atoms with Crippen molar-refractivity contribution >= 4 is 87.9 Å². The van der Waals surface area contributed by atoms with E-state index in [2.05, 4.69) is 56.0 Å². The van der Waals surface area contributed by atoms with E-state index in [1.165, 1.54) is 6.33 Å². The van der Waals surface area contributed by atoms with Crippen LogP contribution in [0.4, 0.5) is 0 Å². The van der Waals surface area contributed by atoms with E-state index in [9.17, 15) is 24.0 Å². The molecule has 3 rings (SSSR count). The minimum Gasteiger partial charge on any atom is -0.361 e. The van der Waals surface area contributed by atoms with E-state index in [1.54, 1.807) is 19.3 Å². The Hall–Kier alpha value is -3.27. The number of ketones is 1. The molecule has 298 valence electrons. The lowest BCUT2D eigenvalue weighted by Crippen LogP contribution is -2.60. The largest absolute Gasteiger partial charge is 0.361 e. The predicted octanol–water partition coefficient (Wildman–Crippen LogP) is 2.07. The van der Waals surface area contributed by atoms with Gasteiger partial charge < -0.3 is 42.3 Å². The summed E-state index contributed by atoms with van der Waals surface area (Å²) in [5.74, 6) is -2.23. The highest BCUT2D eigenvalue weighted by molar-refractivity contribution is 14.2. The predicted molar refractivity (Wildman–Crippen MR) is 229 cm³/mol. The van der Waals surface area contributed by atoms with E-state index in [4.69, 9.17) is 5.73 Å². The maximum Gasteiger partial charge on any atom is 0.243 e. The summed E-state index contributed by atoms with van der Waals surface area (Å²) in [6.07, 6.45) is 7.54. The number of nitrogens with one attached hydrogen (secondary N) is 8. The molecule has 15 nitrogen and oxygen atoms in total. The molecule has 0 radical (unpaired) electrons. The molecule has 17 heteroatoms. The molecule has 2 heterocycles. The van der Waals surface area contributed by atoms with Crippen LogP contribution >= 0.6 is 43.6 Å². The molecule has 10 N–H and O–H groups in total. The summed E-state index contributed by atoms with van der Waals surface area (Å²) in [5.41, 5.74) is 7.98. The van der Waals surface area contributed by atoms with Gasteiger partial charge in [-0.15, -0.1) is 0 Å². The number of amides is 4. The first-order chi connectivity index (χ1) is 26.0. The quantitative estimate of drug-likeness (QED) is 0.0262. The molecule has 0 saturated heterocycles. The van der Waals surface area contributed by atoms with Crippen molar-refractivity contribution < 1.29 is 24.0 Å². The second-order valence-corrected chi connectivity index (χ2v) is 16.4. The Morgan fingerprint density at radius 2 is 1.57 bits per heavy atom. The lowest BCUT2D eigenvalue weighted by atomic mass is 10.0. The monoisotopic (exact) mass is 974 g/mol. The van der Waals surface area contributed by atoms with Gasteiger partial charge in [-0.1, -0.05) is 61.6 Å². The van der Waals surface area contributed by atoms with Gasteiger partial charge in [0.05, 0.1) is 22.8 Å². The Morgan fingerprint density at radius 1 is 0.889 bits per heavy atom. The Labute approximate surface area is 341 Å². The zero-order chi connectivity index (χ0) is 39.5. The van der Waals surface area contributed by atoms with Crippen LogP contribution in [0.3, 0.4) is 0 Å². The van der Waals surface area contributed by atoms with Gasteiger partial charge in [-0.2, -0.15) is 0 Å². The fourth-order valence-electron chi connectivity index (χ4n) is 5.73. The summed E-state index contributed by atoms with van der Waals surface area (Å²) in [7, 11) is 0. The molecule has 0 aliphatic rings. The molecule has 5 atom stereocenters. The highest BCUT2D eigenvalue weighted by atomic mass is 127. The fraction of sp³-hybridized carbons (Fsp3) is 0.541. The molecular weight excluding hydrogens is 918 g/mol. The van der Waals surface area contributed by atoms with Crippen molar-refractivity contribution in [3.8, 4) is 0 Å². The van der Waals surface area contributed by atoms with E-state index in [1.807, 2.05) is 60.7 Å². The number of halogens is 2. The van der Waals surface area contributed by atoms with Gasteiger partial charge in [0, 0.05) is 54.9 Å². The van der Waals surface area contributed by atoms with E-state index in [-0.39, 0.29) is 62.3 Å². The third-order valence-corrected chi connectivity index (χ3v) is 11.8. The van der Waals surface area contributed by atoms with Gasteiger partial charge in [0.25, 0.3) is 0 Å². The molecule has 0 saturated carbocycles. The fourth-order valence-corrected chi connectivity index (χ4v) is 7.72. The summed E-state index contributed by atoms with van der Waals surface area (Å²) in [6.45, 7) is 9.28. The number of para-hydroxylation sites is 1. The summed E-state index contributed by atoms with van der Waals surface area (Å²) in [5, 5.41) is 15.6. The zero-order valence-electron chi connectivity index (χ0n) is 31.5. The molecule has 0 aliphatic carbocycles. The number of hydrogen-bond acceptors (Lipinski definition) is 9. The van der Waals surface area contributed by atoms with Crippen LogP contribution in [0, 0.1) is 5.92 Å². The Balaban J connectivity index is 1.89. The van der Waals surface area contributed by atoms with E-state index >= 15 is 0 Å². The summed E-state index contributed by atoms with van der Waals surface area (Å²) in [4.78, 5) is 78.2. The zero-order valence-corrected chi connectivity index (χ0v) is 35.8. The Kier molecular flexibility index (Phi) is 20.3. The van der Waals surface area contributed by atoms with E-state index in [0.717, 1.165) is 22.9 Å². The van der Waals surface area contributed by atoms with E-state index in [0.29, 0.717) is 38.2 Å². The van der Waals surface area contributed by atoms with Gasteiger partial charge in [0.15, 0.2) is 5.78 Å². The number of alkyl halides is 1. The molecule has 1 aromatic carbocycles. The second kappa shape index (κ2) is 24.3. The smallest absolute Gasteiger partial charge is 0.243 e. The molecule has 4 amide bonds. The number of benzene rings is 1. The molecule has 0 fully saturated rings. The van der Waals surface area contributed by atoms with Crippen molar-refractivity contribution in [3.05, 3.63) is 54.2 Å². The number of aromatic nitrogens is 3. The lowest BCUT2D eigenvalue weighted by molar-refractivity contribution is -0.134. The van der Waals surface area contributed by atoms with Gasteiger partial charge in [-0.3, -0.25) is 27.5 Å². The first kappa shape index (κ1) is 45.1. The molecule has 0 spiro atoms. The number of imidazole rings is 1. The van der Waals surface area contributed by atoms with Gasteiger partial charge in [0.2, 0.25) is 23.6 Å². The number of Topliss-reactive ketones (excluding diaryl/α,β-unsaturated/α-hetero) is 1. The number of fused-ring (bicyclic) bond motifs is 1. The highest BCUT2D eigenvalue weighted by Gasteiger charge is 2.33. The van der Waals surface area contributed by atoms with Crippen LogP contribution in [0.15, 0.2) is 43.0 Å². The van der Waals surface area contributed by atoms with Crippen LogP contribution in [-0.4, -0.2) is 103 Å². The average Bonchev–Trinajstić information content (AvgIpc) is 3.83. The number of hydrogen-bond donors (Lipinski definition) is 9. The number of rotatable bonds is 25. The Morgan fingerprint density at radius 3 is 2.24 bits per heavy atom. The third-order valence-electron chi connectivity index (χ3n) is 8.74. The second-order valence-electron chi connectivity index (χ2n) is 13.4. The molecule has 0 aliphatic heterocycles. The number of aromatic amines is 2. The maximum absolute atomic E-state index is 14.2. The molecule has 2 aromatic heterocycles. The summed E-state index contributed by atoms with van der Waals surface area (Å²) < 4.78 is 5.88. The van der Waals surface area contributed by atoms with Gasteiger partial charge in [-0.05, 0) is 81.7 Å². The van der Waals surface area contributed by atoms with Crippen LogP contribution in [0.1, 0.15) is 64.6 Å². The van der Waals surface area contributed by atoms with Crippen molar-refractivity contribution in [1.29, 1.82) is 0 Å². The van der Waals surface area contributed by atoms with E-state index < -0.39 is 47.9 Å². The van der Waals surface area contributed by atoms with Crippen LogP contribution in [0.25, 0.3) is 10.9 Å². The van der Waals surface area contributed by atoms with Crippen molar-refractivity contribution in [2.75, 3.05) is 24.1 Å². The van der Waals surface area contributed by atoms with Crippen molar-refractivity contribution in [2.45, 2.75) is 96.4 Å². The minimum atomic E-state index is -1.13. The van der Waals surface area contributed by atoms with Crippen molar-refractivity contribution in [2.24, 2.45) is 11.7 Å². The number of carbonyl (C=O) groups is 5. The molecule has 54 heavy (non-hydrogen) atoms. The summed E-state index contributed by atoms with van der Waals surface area (Å²) in [6, 6.07) is 3.13. The number of nitrogens with two attached hydrogens (primary N) is 1. The standard InChI is InChI=1S/C37H56I2N10O5/c1-5-13-39-45-16-15-42-33(23(2)3)37(54)49-31(18-26-21-41-22-44-26)36(53)48-30(17-25-20-43-28-11-7-6-10-27(25)28)35(52)47-29(12-8-9-14-40)34(51)46-24(4)32(50)19-38/h6-7,10-11,13,20-24,29-31,33,42-43,45H,5,8-9,12,14-19,40H2,1-4H3,(H,41,44)(H,46,51)(H,47,52)(H,48,53)(H,49,54)/t24-,29-,30-,31-,33-/m0/s1. The number of H-pyrrole nitrogens is 2. The molecule has 0 bridgehead atoms. The highest BCUT2D eigenvalue weighted by Crippen LogP contribution is 2.20. The van der Waals surface area contributed by atoms with Gasteiger partial charge in [-0.25, -0.2) is 4.98 Å². The molecule has 0 unspecified atom stereocenters. The minimum absolute atomic E-state index is 0.0737. The SMILES string of the molecule is CCC=INCCN[C@H](C(=O)N[C@@H](Cc1cnc[nH]1)C(=O)N[C@@H](Cc1c[nH]c2ccccc12)C(=O)N[C@@H](CCCCN)C(=O)N[C@@H](C)C(=O)CI)C(C)C. The maximum atomic E-state index is 14.2. The molecule has 3 aromatic rings. The normalized spacial score (nSPS) is 14.5. The van der Waals surface area contributed by atoms with Crippen molar-refractivity contribution in [3.63, 3.8) is 0 Å². The molecular formula is C37H56I2N10O5. The van der Waals surface area contributed by atoms with Crippen molar-refractivity contribution in [1.82, 2.24) is 45.1 Å². The topological polar surface area (TPSA) is 228 Å². The number of carbonyl (C=O) groups excluding carboxylic acids is 5. The number of unbranched alkanes of at least 4 members (excludes halogenated alkanes) is 1. The first-order valence-corrected chi connectivity index (χ1v) is 22.3. The third kappa shape index (κ3) is 14.8. The van der Waals surface area contributed by atoms with Crippen LogP contribution in [0.2, 0.25) is 0 Å². The number of nitrogens with zero attached hydrogens (tertiary/aromatic N) is 1. The van der Waals surface area contributed by atoms with Crippen LogP contribution < -0.4 is 35.8 Å². The first-order valence-electron chi connectivity index (χ1n) is 18.4. The van der Waals surface area contributed by atoms with Gasteiger partial charge >= 0.3 is 0 Å².